The molecule has 1 aromatic heterocycles. The van der Waals surface area contributed by atoms with Crippen molar-refractivity contribution in [3.63, 3.8) is 0 Å². The van der Waals surface area contributed by atoms with Gasteiger partial charge < -0.3 is 14.6 Å². The highest BCUT2D eigenvalue weighted by molar-refractivity contribution is 5.28. The Bertz CT molecular complexity index is 465. The van der Waals surface area contributed by atoms with Gasteiger partial charge in [0.1, 0.15) is 6.26 Å². The quantitative estimate of drug-likeness (QED) is 0.925. The Kier molecular flexibility index (Phi) is 4.22. The van der Waals surface area contributed by atoms with Gasteiger partial charge in [0, 0.05) is 37.8 Å². The number of fused-ring (bicyclic) bond motifs is 1. The number of aromatic nitrogens is 1. The molecule has 1 aromatic rings. The molecular weight excluding hydrogens is 264 g/mol. The molecule has 1 N–H and O–H groups in total. The second-order valence-corrected chi connectivity index (χ2v) is 7.36. The highest BCUT2D eigenvalue weighted by Crippen LogP contribution is 2.24. The Morgan fingerprint density at radius 3 is 2.90 bits per heavy atom. The fourth-order valence-corrected chi connectivity index (χ4v) is 3.26. The second kappa shape index (κ2) is 5.97. The molecule has 2 saturated heterocycles. The van der Waals surface area contributed by atoms with Gasteiger partial charge in [-0.25, -0.2) is 0 Å². The van der Waals surface area contributed by atoms with Gasteiger partial charge in [-0.3, -0.25) is 4.90 Å². The molecule has 3 rings (SSSR count). The van der Waals surface area contributed by atoms with Crippen LogP contribution < -0.4 is 10.2 Å². The summed E-state index contributed by atoms with van der Waals surface area (Å²) in [6.07, 6.45) is 5.65. The van der Waals surface area contributed by atoms with E-state index in [1.807, 2.05) is 0 Å². The minimum absolute atomic E-state index is 0.103. The third-order valence-electron chi connectivity index (χ3n) is 4.41. The lowest BCUT2D eigenvalue weighted by molar-refractivity contribution is 0.272. The van der Waals surface area contributed by atoms with E-state index < -0.39 is 0 Å². The van der Waals surface area contributed by atoms with Crippen LogP contribution in [-0.4, -0.2) is 47.6 Å². The molecule has 1 unspecified atom stereocenters. The zero-order valence-electron chi connectivity index (χ0n) is 13.6. The van der Waals surface area contributed by atoms with Gasteiger partial charge in [0.25, 0.3) is 6.01 Å². The summed E-state index contributed by atoms with van der Waals surface area (Å²) in [6, 6.07) is 1.49. The van der Waals surface area contributed by atoms with Gasteiger partial charge in [0.15, 0.2) is 0 Å². The Morgan fingerprint density at radius 2 is 2.10 bits per heavy atom. The molecule has 2 fully saturated rings. The van der Waals surface area contributed by atoms with Crippen molar-refractivity contribution in [1.82, 2.24) is 15.2 Å². The zero-order valence-corrected chi connectivity index (χ0v) is 13.6. The van der Waals surface area contributed by atoms with E-state index in [0.717, 1.165) is 31.3 Å². The Morgan fingerprint density at radius 1 is 1.29 bits per heavy atom. The van der Waals surface area contributed by atoms with Crippen molar-refractivity contribution in [2.45, 2.75) is 58.2 Å². The monoisotopic (exact) mass is 292 g/mol. The number of hydrogen-bond donors (Lipinski definition) is 1. The molecule has 118 valence electrons. The van der Waals surface area contributed by atoms with Crippen molar-refractivity contribution < 1.29 is 4.42 Å². The number of anilines is 1. The molecule has 0 saturated carbocycles. The van der Waals surface area contributed by atoms with E-state index >= 15 is 0 Å². The first-order valence-electron chi connectivity index (χ1n) is 8.20. The smallest absolute Gasteiger partial charge is 0.297 e. The predicted octanol–water partition coefficient (Wildman–Crippen LogP) is 2.24. The summed E-state index contributed by atoms with van der Waals surface area (Å²) >= 11 is 0. The summed E-state index contributed by atoms with van der Waals surface area (Å²) in [4.78, 5) is 9.63. The van der Waals surface area contributed by atoms with Crippen LogP contribution in [0, 0.1) is 0 Å². The third kappa shape index (κ3) is 3.77. The molecule has 2 aliphatic heterocycles. The highest BCUT2D eigenvalue weighted by Gasteiger charge is 2.30. The summed E-state index contributed by atoms with van der Waals surface area (Å²) < 4.78 is 5.73. The van der Waals surface area contributed by atoms with Crippen molar-refractivity contribution in [2.75, 3.05) is 31.1 Å². The van der Waals surface area contributed by atoms with Crippen LogP contribution in [-0.2, 0) is 6.54 Å². The molecule has 5 nitrogen and oxygen atoms in total. The van der Waals surface area contributed by atoms with Crippen molar-refractivity contribution >= 4 is 6.01 Å². The average Bonchev–Trinajstić information content (AvgIpc) is 3.01. The van der Waals surface area contributed by atoms with Crippen molar-refractivity contribution in [2.24, 2.45) is 0 Å². The van der Waals surface area contributed by atoms with Gasteiger partial charge in [-0.2, -0.15) is 4.98 Å². The summed E-state index contributed by atoms with van der Waals surface area (Å²) in [5, 5.41) is 3.45. The van der Waals surface area contributed by atoms with Crippen molar-refractivity contribution in [3.05, 3.63) is 12.0 Å². The topological polar surface area (TPSA) is 44.5 Å². The van der Waals surface area contributed by atoms with Crippen LogP contribution in [0.4, 0.5) is 6.01 Å². The third-order valence-corrected chi connectivity index (χ3v) is 4.41. The van der Waals surface area contributed by atoms with Crippen LogP contribution in [0.2, 0.25) is 0 Å². The lowest BCUT2D eigenvalue weighted by atomic mass is 10.1. The summed E-state index contributed by atoms with van der Waals surface area (Å²) in [7, 11) is 0. The Hall–Kier alpha value is -1.07. The predicted molar refractivity (Wildman–Crippen MR) is 84.5 cm³/mol. The van der Waals surface area contributed by atoms with E-state index in [-0.39, 0.29) is 5.54 Å². The maximum Gasteiger partial charge on any atom is 0.297 e. The number of hydrogen-bond acceptors (Lipinski definition) is 5. The maximum atomic E-state index is 5.73. The number of rotatable bonds is 3. The molecule has 5 heteroatoms. The Labute approximate surface area is 127 Å². The molecular formula is C16H28N4O. The first-order chi connectivity index (χ1) is 10.0. The van der Waals surface area contributed by atoms with Crippen LogP contribution in [0.3, 0.4) is 0 Å². The first kappa shape index (κ1) is 14.9. The van der Waals surface area contributed by atoms with Crippen LogP contribution >= 0.6 is 0 Å². The van der Waals surface area contributed by atoms with Gasteiger partial charge in [0.2, 0.25) is 0 Å². The first-order valence-corrected chi connectivity index (χ1v) is 8.20. The minimum Gasteiger partial charge on any atom is -0.432 e. The zero-order chi connectivity index (χ0) is 14.9. The van der Waals surface area contributed by atoms with Gasteiger partial charge in [-0.15, -0.1) is 0 Å². The molecule has 0 amide bonds. The number of nitrogens with one attached hydrogen (secondary N) is 1. The lowest BCUT2D eigenvalue weighted by Crippen LogP contribution is -2.37. The molecule has 3 heterocycles. The minimum atomic E-state index is 0.103. The van der Waals surface area contributed by atoms with E-state index in [1.54, 1.807) is 6.26 Å². The highest BCUT2D eigenvalue weighted by atomic mass is 16.4. The molecule has 0 spiro atoms. The number of oxazole rings is 1. The molecule has 0 aromatic carbocycles. The summed E-state index contributed by atoms with van der Waals surface area (Å²) in [5.41, 5.74) is 1.10. The molecule has 0 aliphatic carbocycles. The average molecular weight is 292 g/mol. The molecule has 0 radical (unpaired) electrons. The van der Waals surface area contributed by atoms with E-state index in [2.05, 4.69) is 40.9 Å². The summed E-state index contributed by atoms with van der Waals surface area (Å²) in [5.74, 6) is 0. The lowest BCUT2D eigenvalue weighted by Gasteiger charge is -2.24. The van der Waals surface area contributed by atoms with E-state index in [0.29, 0.717) is 6.04 Å². The molecule has 1 atom stereocenters. The van der Waals surface area contributed by atoms with Crippen LogP contribution in [0.15, 0.2) is 10.7 Å². The largest absolute Gasteiger partial charge is 0.432 e. The van der Waals surface area contributed by atoms with Crippen molar-refractivity contribution in [3.8, 4) is 0 Å². The van der Waals surface area contributed by atoms with E-state index in [1.165, 1.54) is 32.4 Å². The standard InChI is InChI=1S/C16H28N4O/c1-16(2,3)17-10-13-12-21-15(18-13)20-9-5-8-19-7-4-6-14(19)11-20/h12,14,17H,4-11H2,1-3H3. The fourth-order valence-electron chi connectivity index (χ4n) is 3.26. The van der Waals surface area contributed by atoms with Crippen LogP contribution in [0.25, 0.3) is 0 Å². The van der Waals surface area contributed by atoms with Crippen LogP contribution in [0.1, 0.15) is 45.7 Å². The molecule has 21 heavy (non-hydrogen) atoms. The van der Waals surface area contributed by atoms with Crippen LogP contribution in [0.5, 0.6) is 0 Å². The van der Waals surface area contributed by atoms with Gasteiger partial charge in [-0.05, 0) is 46.6 Å². The molecule has 0 bridgehead atoms. The summed E-state index contributed by atoms with van der Waals surface area (Å²) in [6.45, 7) is 11.9. The number of nitrogens with zero attached hydrogens (tertiary/aromatic N) is 3. The molecule has 2 aliphatic rings. The second-order valence-electron chi connectivity index (χ2n) is 7.36. The van der Waals surface area contributed by atoms with Gasteiger partial charge >= 0.3 is 0 Å². The van der Waals surface area contributed by atoms with Gasteiger partial charge in [0.05, 0.1) is 5.69 Å². The maximum absolute atomic E-state index is 5.73. The van der Waals surface area contributed by atoms with Crippen molar-refractivity contribution in [1.29, 1.82) is 0 Å². The normalized spacial score (nSPS) is 24.1. The fraction of sp³-hybridized carbons (Fsp3) is 0.812. The van der Waals surface area contributed by atoms with E-state index in [9.17, 15) is 0 Å². The Balaban J connectivity index is 1.62. The van der Waals surface area contributed by atoms with Gasteiger partial charge in [-0.1, -0.05) is 0 Å². The SMILES string of the molecule is CC(C)(C)NCc1coc(N2CCCN3CCCC3C2)n1. The van der Waals surface area contributed by atoms with E-state index in [4.69, 9.17) is 4.42 Å².